The molecule has 3 aliphatic heterocycles. The summed E-state index contributed by atoms with van der Waals surface area (Å²) in [6.07, 6.45) is -3.37. The van der Waals surface area contributed by atoms with E-state index in [1.165, 1.54) is 6.92 Å². The zero-order chi connectivity index (χ0) is 16.9. The summed E-state index contributed by atoms with van der Waals surface area (Å²) < 4.78 is 44.5. The number of hydrogen-bond acceptors (Lipinski definition) is 9. The zero-order valence-electron chi connectivity index (χ0n) is 12.1. The molecule has 10 heteroatoms. The van der Waals surface area contributed by atoms with Gasteiger partial charge in [-0.05, 0) is 6.92 Å². The van der Waals surface area contributed by atoms with Crippen molar-refractivity contribution in [3.05, 3.63) is 12.2 Å². The lowest BCUT2D eigenvalue weighted by Gasteiger charge is -2.25. The van der Waals surface area contributed by atoms with Gasteiger partial charge in [-0.2, -0.15) is 13.7 Å². The Morgan fingerprint density at radius 1 is 1.39 bits per heavy atom. The Hall–Kier alpha value is -1.96. The second-order valence-corrected chi connectivity index (χ2v) is 7.32. The molecule has 3 heterocycles. The first-order valence-electron chi connectivity index (χ1n) is 6.80. The maximum absolute atomic E-state index is 11.9. The van der Waals surface area contributed by atoms with Gasteiger partial charge in [-0.15, -0.1) is 0 Å². The van der Waals surface area contributed by atoms with Gasteiger partial charge in [-0.1, -0.05) is 6.58 Å². The fourth-order valence-corrected chi connectivity index (χ4v) is 4.84. The topological polar surface area (TPSA) is 136 Å². The monoisotopic (exact) mass is 342 g/mol. The van der Waals surface area contributed by atoms with E-state index >= 15 is 0 Å². The molecule has 124 valence electrons. The Labute approximate surface area is 132 Å². The third-order valence-electron chi connectivity index (χ3n) is 4.01. The van der Waals surface area contributed by atoms with Gasteiger partial charge < -0.3 is 14.2 Å². The lowest BCUT2D eigenvalue weighted by atomic mass is 9.86. The van der Waals surface area contributed by atoms with E-state index in [2.05, 4.69) is 6.58 Å². The summed E-state index contributed by atoms with van der Waals surface area (Å²) in [6, 6.07) is 1.92. The van der Waals surface area contributed by atoms with E-state index in [9.17, 15) is 18.5 Å². The summed E-state index contributed by atoms with van der Waals surface area (Å²) in [6.45, 7) is 4.44. The van der Waals surface area contributed by atoms with Gasteiger partial charge >= 0.3 is 5.97 Å². The molecule has 0 amide bonds. The van der Waals surface area contributed by atoms with Crippen molar-refractivity contribution in [3.8, 4) is 6.07 Å². The summed E-state index contributed by atoms with van der Waals surface area (Å²) in [5, 5.41) is 15.9. The number of hydrogen-bond donors (Lipinski definition) is 1. The highest BCUT2D eigenvalue weighted by atomic mass is 32.2. The Morgan fingerprint density at radius 3 is 2.70 bits per heavy atom. The van der Waals surface area contributed by atoms with E-state index in [4.69, 9.17) is 23.8 Å². The predicted octanol–water partition coefficient (Wildman–Crippen LogP) is -0.514. The fourth-order valence-electron chi connectivity index (χ4n) is 3.06. The molecule has 3 fully saturated rings. The second kappa shape index (κ2) is 5.30. The summed E-state index contributed by atoms with van der Waals surface area (Å²) in [7, 11) is -3.89. The van der Waals surface area contributed by atoms with Crippen LogP contribution in [0.5, 0.6) is 0 Å². The molecule has 0 saturated carbocycles. The van der Waals surface area contributed by atoms with Crippen LogP contribution in [0.4, 0.5) is 0 Å². The van der Waals surface area contributed by atoms with Crippen LogP contribution < -0.4 is 0 Å². The molecule has 9 nitrogen and oxygen atoms in total. The van der Waals surface area contributed by atoms with Crippen LogP contribution in [0.3, 0.4) is 0 Å². The molecule has 3 saturated heterocycles. The van der Waals surface area contributed by atoms with Crippen molar-refractivity contribution in [3.63, 3.8) is 0 Å². The van der Waals surface area contributed by atoms with Crippen molar-refractivity contribution in [2.45, 2.75) is 36.6 Å². The Kier molecular flexibility index (Phi) is 3.66. The van der Waals surface area contributed by atoms with Gasteiger partial charge in [-0.25, -0.2) is 4.79 Å². The third kappa shape index (κ3) is 2.41. The Bertz CT molecular complexity index is 725. The molecule has 0 aromatic rings. The lowest BCUT2D eigenvalue weighted by Crippen LogP contribution is -2.46. The van der Waals surface area contributed by atoms with Gasteiger partial charge in [-0.3, -0.25) is 9.59 Å². The van der Waals surface area contributed by atoms with E-state index in [1.54, 1.807) is 0 Å². The maximum atomic E-state index is 11.9. The number of nitriles is 1. The van der Waals surface area contributed by atoms with E-state index in [0.29, 0.717) is 0 Å². The summed E-state index contributed by atoms with van der Waals surface area (Å²) in [4.78, 5) is 11.3. The van der Waals surface area contributed by atoms with Crippen molar-refractivity contribution in [2.24, 2.45) is 5.92 Å². The SMILES string of the molecule is C=C(C)C(=O)OCC(=N)OC1C2OC3C1OS(=O)(=O)C3C2C#N. The van der Waals surface area contributed by atoms with Gasteiger partial charge in [0.15, 0.2) is 12.7 Å². The molecule has 0 aromatic heterocycles. The normalized spacial score (nSPS) is 38.8. The van der Waals surface area contributed by atoms with Crippen molar-refractivity contribution >= 4 is 22.0 Å². The minimum absolute atomic E-state index is 0.179. The molecule has 3 aliphatic rings. The van der Waals surface area contributed by atoms with Crippen LogP contribution in [0.1, 0.15) is 6.92 Å². The van der Waals surface area contributed by atoms with Gasteiger partial charge in [0.05, 0.1) is 12.0 Å². The van der Waals surface area contributed by atoms with Gasteiger partial charge in [0.25, 0.3) is 10.1 Å². The van der Waals surface area contributed by atoms with Gasteiger partial charge in [0, 0.05) is 5.57 Å². The molecular formula is C13H14N2O7S. The van der Waals surface area contributed by atoms with Crippen LogP contribution in [0.2, 0.25) is 0 Å². The predicted molar refractivity (Wildman–Crippen MR) is 73.7 cm³/mol. The Morgan fingerprint density at radius 2 is 2.09 bits per heavy atom. The van der Waals surface area contributed by atoms with Crippen molar-refractivity contribution in [1.82, 2.24) is 0 Å². The van der Waals surface area contributed by atoms with Crippen LogP contribution in [0.25, 0.3) is 0 Å². The molecule has 2 bridgehead atoms. The number of carbonyl (C=O) groups excluding carboxylic acids is 1. The molecule has 0 aromatic carbocycles. The van der Waals surface area contributed by atoms with Crippen molar-refractivity contribution in [1.29, 1.82) is 10.7 Å². The minimum atomic E-state index is -3.89. The fraction of sp³-hybridized carbons (Fsp3) is 0.615. The second-order valence-electron chi connectivity index (χ2n) is 5.60. The van der Waals surface area contributed by atoms with Crippen LogP contribution in [0.15, 0.2) is 12.2 Å². The molecule has 3 rings (SSSR count). The molecule has 6 atom stereocenters. The first kappa shape index (κ1) is 15.9. The molecule has 0 spiro atoms. The maximum Gasteiger partial charge on any atom is 0.333 e. The summed E-state index contributed by atoms with van der Waals surface area (Å²) >= 11 is 0. The molecule has 0 aliphatic carbocycles. The first-order chi connectivity index (χ1) is 10.8. The number of fused-ring (bicyclic) bond motifs is 1. The van der Waals surface area contributed by atoms with Crippen LogP contribution >= 0.6 is 0 Å². The third-order valence-corrected chi connectivity index (χ3v) is 5.72. The van der Waals surface area contributed by atoms with Crippen molar-refractivity contribution < 1.29 is 31.6 Å². The Balaban J connectivity index is 1.69. The van der Waals surface area contributed by atoms with E-state index < -0.39 is 58.3 Å². The standard InChI is InChI=1S/C13H14N2O7S/c1-5(2)13(16)19-4-7(15)20-9-8-6(3-14)12-11(21-8)10(9)22-23(12,17)18/h6,8-12,15H,1,4H2,2H3. The van der Waals surface area contributed by atoms with E-state index in [1.807, 2.05) is 6.07 Å². The highest BCUT2D eigenvalue weighted by molar-refractivity contribution is 7.87. The van der Waals surface area contributed by atoms with E-state index in [0.717, 1.165) is 0 Å². The summed E-state index contributed by atoms with van der Waals surface area (Å²) in [5.74, 6) is -1.97. The highest BCUT2D eigenvalue weighted by Crippen LogP contribution is 2.50. The lowest BCUT2D eigenvalue weighted by molar-refractivity contribution is -0.137. The highest BCUT2D eigenvalue weighted by Gasteiger charge is 2.72. The van der Waals surface area contributed by atoms with Crippen molar-refractivity contribution in [2.75, 3.05) is 6.61 Å². The largest absolute Gasteiger partial charge is 0.470 e. The number of carbonyl (C=O) groups is 1. The van der Waals surface area contributed by atoms with E-state index in [-0.39, 0.29) is 11.5 Å². The molecule has 23 heavy (non-hydrogen) atoms. The van der Waals surface area contributed by atoms with Gasteiger partial charge in [0.1, 0.15) is 23.6 Å². The molecular weight excluding hydrogens is 328 g/mol. The van der Waals surface area contributed by atoms with Gasteiger partial charge in [0.2, 0.25) is 5.90 Å². The number of nitrogens with one attached hydrogen (secondary N) is 1. The molecule has 0 radical (unpaired) electrons. The summed E-state index contributed by atoms with van der Waals surface area (Å²) in [5.41, 5.74) is 0.179. The average molecular weight is 342 g/mol. The number of ether oxygens (including phenoxy) is 3. The van der Waals surface area contributed by atoms with Crippen LogP contribution in [-0.4, -0.2) is 56.6 Å². The molecule has 6 unspecified atom stereocenters. The quantitative estimate of drug-likeness (QED) is 0.237. The number of rotatable bonds is 4. The molecule has 1 N–H and O–H groups in total. The average Bonchev–Trinajstić information content (AvgIpc) is 3.06. The minimum Gasteiger partial charge on any atom is -0.470 e. The van der Waals surface area contributed by atoms with Crippen LogP contribution in [-0.2, 0) is 33.3 Å². The number of nitrogens with zero attached hydrogens (tertiary/aromatic N) is 1. The zero-order valence-corrected chi connectivity index (χ0v) is 12.9. The number of esters is 1. The smallest absolute Gasteiger partial charge is 0.333 e. The van der Waals surface area contributed by atoms with Crippen LogP contribution in [0, 0.1) is 22.7 Å². The first-order valence-corrected chi connectivity index (χ1v) is 8.27.